The molecule has 9 heteroatoms. The number of anilines is 1. The molecule has 0 unspecified atom stereocenters. The minimum Gasteiger partial charge on any atom is -0.347 e. The van der Waals surface area contributed by atoms with E-state index in [0.717, 1.165) is 0 Å². The van der Waals surface area contributed by atoms with E-state index in [2.05, 4.69) is 25.8 Å². The zero-order chi connectivity index (χ0) is 19.9. The monoisotopic (exact) mass is 399 g/mol. The number of hydrogen-bond acceptors (Lipinski definition) is 5. The van der Waals surface area contributed by atoms with Crippen LogP contribution in [0.5, 0.6) is 0 Å². The van der Waals surface area contributed by atoms with E-state index >= 15 is 0 Å². The number of hydrogen-bond donors (Lipinski definition) is 3. The average Bonchev–Trinajstić information content (AvgIpc) is 3.13. The molecule has 0 aliphatic heterocycles. The predicted octanol–water partition coefficient (Wildman–Crippen LogP) is 2.77. The van der Waals surface area contributed by atoms with Gasteiger partial charge in [-0.2, -0.15) is 5.10 Å². The number of amides is 2. The van der Waals surface area contributed by atoms with Gasteiger partial charge in [-0.1, -0.05) is 24.3 Å². The van der Waals surface area contributed by atoms with Crippen molar-refractivity contribution in [2.45, 2.75) is 11.8 Å². The third-order valence-electron chi connectivity index (χ3n) is 3.66. The number of H-pyrrole nitrogens is 1. The van der Waals surface area contributed by atoms with Crippen molar-refractivity contribution in [2.75, 3.05) is 17.6 Å². The fraction of sp³-hybridized carbons (Fsp3) is 0.158. The SMILES string of the molecule is Cc1nc(-c2cccc(NC(=O)C(=O)NCCSc3ccccc3F)c2)n[nH]1. The maximum Gasteiger partial charge on any atom is 0.313 e. The molecular weight excluding hydrogens is 381 g/mol. The van der Waals surface area contributed by atoms with E-state index < -0.39 is 11.8 Å². The van der Waals surface area contributed by atoms with Crippen LogP contribution in [0.15, 0.2) is 53.4 Å². The summed E-state index contributed by atoms with van der Waals surface area (Å²) in [6.07, 6.45) is 0. The number of benzene rings is 2. The highest BCUT2D eigenvalue weighted by atomic mass is 32.2. The van der Waals surface area contributed by atoms with E-state index in [1.54, 1.807) is 49.4 Å². The molecule has 0 radical (unpaired) electrons. The maximum absolute atomic E-state index is 13.5. The highest BCUT2D eigenvalue weighted by Gasteiger charge is 2.14. The summed E-state index contributed by atoms with van der Waals surface area (Å²) >= 11 is 1.27. The van der Waals surface area contributed by atoms with Gasteiger partial charge in [0.25, 0.3) is 0 Å². The number of carbonyl (C=O) groups excluding carboxylic acids is 2. The van der Waals surface area contributed by atoms with Gasteiger partial charge < -0.3 is 10.6 Å². The molecule has 3 aromatic rings. The molecule has 0 bridgehead atoms. The molecule has 2 amide bonds. The van der Waals surface area contributed by atoms with Crippen LogP contribution < -0.4 is 10.6 Å². The van der Waals surface area contributed by atoms with Crippen LogP contribution in [-0.4, -0.2) is 39.3 Å². The van der Waals surface area contributed by atoms with Crippen molar-refractivity contribution in [3.8, 4) is 11.4 Å². The molecular formula is C19H18FN5O2S. The molecule has 28 heavy (non-hydrogen) atoms. The van der Waals surface area contributed by atoms with E-state index in [4.69, 9.17) is 0 Å². The van der Waals surface area contributed by atoms with Crippen LogP contribution in [-0.2, 0) is 9.59 Å². The number of halogens is 1. The summed E-state index contributed by atoms with van der Waals surface area (Å²) in [6, 6.07) is 13.3. The number of aryl methyl sites for hydroxylation is 1. The first-order valence-electron chi connectivity index (χ1n) is 8.49. The molecule has 144 valence electrons. The van der Waals surface area contributed by atoms with E-state index in [1.165, 1.54) is 17.8 Å². The molecule has 3 rings (SSSR count). The first kappa shape index (κ1) is 19.6. The van der Waals surface area contributed by atoms with E-state index in [9.17, 15) is 14.0 Å². The van der Waals surface area contributed by atoms with Gasteiger partial charge in [-0.25, -0.2) is 9.37 Å². The summed E-state index contributed by atoms with van der Waals surface area (Å²) in [4.78, 5) is 28.7. The van der Waals surface area contributed by atoms with Gasteiger partial charge in [0.1, 0.15) is 11.6 Å². The van der Waals surface area contributed by atoms with Crippen LogP contribution in [0.25, 0.3) is 11.4 Å². The van der Waals surface area contributed by atoms with Gasteiger partial charge in [-0.15, -0.1) is 11.8 Å². The van der Waals surface area contributed by atoms with Crippen LogP contribution in [0.4, 0.5) is 10.1 Å². The zero-order valence-corrected chi connectivity index (χ0v) is 15.8. The van der Waals surface area contributed by atoms with E-state index in [-0.39, 0.29) is 12.4 Å². The Morgan fingerprint density at radius 2 is 1.96 bits per heavy atom. The molecule has 1 heterocycles. The number of aromatic nitrogens is 3. The van der Waals surface area contributed by atoms with Gasteiger partial charge in [-0.05, 0) is 31.2 Å². The number of rotatable bonds is 6. The lowest BCUT2D eigenvalue weighted by molar-refractivity contribution is -0.136. The van der Waals surface area contributed by atoms with Crippen molar-refractivity contribution in [1.29, 1.82) is 0 Å². The summed E-state index contributed by atoms with van der Waals surface area (Å²) < 4.78 is 13.5. The first-order valence-corrected chi connectivity index (χ1v) is 9.47. The van der Waals surface area contributed by atoms with Crippen molar-refractivity contribution >= 4 is 29.3 Å². The van der Waals surface area contributed by atoms with E-state index in [1.807, 2.05) is 0 Å². The molecule has 1 aromatic heterocycles. The highest BCUT2D eigenvalue weighted by Crippen LogP contribution is 2.21. The van der Waals surface area contributed by atoms with Gasteiger partial charge >= 0.3 is 11.8 Å². The molecule has 3 N–H and O–H groups in total. The summed E-state index contributed by atoms with van der Waals surface area (Å²) in [7, 11) is 0. The number of carbonyl (C=O) groups is 2. The van der Waals surface area contributed by atoms with Crippen molar-refractivity contribution in [3.05, 3.63) is 60.2 Å². The Bertz CT molecular complexity index is 992. The lowest BCUT2D eigenvalue weighted by Crippen LogP contribution is -2.36. The third-order valence-corrected chi connectivity index (χ3v) is 4.71. The molecule has 2 aromatic carbocycles. The van der Waals surface area contributed by atoms with Crippen LogP contribution in [0.1, 0.15) is 5.82 Å². The topological polar surface area (TPSA) is 99.8 Å². The van der Waals surface area contributed by atoms with Crippen molar-refractivity contribution in [3.63, 3.8) is 0 Å². The van der Waals surface area contributed by atoms with Crippen molar-refractivity contribution in [2.24, 2.45) is 0 Å². The normalized spacial score (nSPS) is 10.5. The van der Waals surface area contributed by atoms with Crippen LogP contribution >= 0.6 is 11.8 Å². The van der Waals surface area contributed by atoms with Crippen molar-refractivity contribution < 1.29 is 14.0 Å². The Hall–Kier alpha value is -3.20. The minimum atomic E-state index is -0.779. The first-order chi connectivity index (χ1) is 13.5. The van der Waals surface area contributed by atoms with Gasteiger partial charge in [0.05, 0.1) is 0 Å². The van der Waals surface area contributed by atoms with Gasteiger partial charge in [0.2, 0.25) is 0 Å². The molecule has 0 saturated heterocycles. The fourth-order valence-corrected chi connectivity index (χ4v) is 3.17. The second-order valence-electron chi connectivity index (χ2n) is 5.81. The molecule has 0 saturated carbocycles. The number of thioether (sulfide) groups is 1. The Kier molecular flexibility index (Phi) is 6.38. The molecule has 0 spiro atoms. The lowest BCUT2D eigenvalue weighted by atomic mass is 10.2. The minimum absolute atomic E-state index is 0.238. The molecule has 0 aliphatic rings. The zero-order valence-electron chi connectivity index (χ0n) is 15.0. The quantitative estimate of drug-likeness (QED) is 0.336. The van der Waals surface area contributed by atoms with Crippen LogP contribution in [0.2, 0.25) is 0 Å². The maximum atomic E-state index is 13.5. The summed E-state index contributed by atoms with van der Waals surface area (Å²) in [5, 5.41) is 11.9. The molecule has 0 aliphatic carbocycles. The average molecular weight is 399 g/mol. The fourth-order valence-electron chi connectivity index (χ4n) is 2.36. The Morgan fingerprint density at radius 3 is 2.71 bits per heavy atom. The van der Waals surface area contributed by atoms with Crippen LogP contribution in [0.3, 0.4) is 0 Å². The Balaban J connectivity index is 1.49. The third kappa shape index (κ3) is 5.17. The molecule has 7 nitrogen and oxygen atoms in total. The second kappa shape index (κ2) is 9.14. The number of nitrogens with one attached hydrogen (secondary N) is 3. The summed E-state index contributed by atoms with van der Waals surface area (Å²) in [6.45, 7) is 2.03. The predicted molar refractivity (Wildman–Crippen MR) is 105 cm³/mol. The standard InChI is InChI=1S/C19H18FN5O2S/c1-12-22-17(25-24-12)13-5-4-6-14(11-13)23-19(27)18(26)21-9-10-28-16-8-3-2-7-15(16)20/h2-8,11H,9-10H2,1H3,(H,21,26)(H,23,27)(H,22,24,25). The van der Waals surface area contributed by atoms with Gasteiger partial charge in [0, 0.05) is 28.4 Å². The van der Waals surface area contributed by atoms with E-state index in [0.29, 0.717) is 33.5 Å². The van der Waals surface area contributed by atoms with Crippen molar-refractivity contribution in [1.82, 2.24) is 20.5 Å². The summed E-state index contributed by atoms with van der Waals surface area (Å²) in [5.74, 6) is -0.217. The van der Waals surface area contributed by atoms with Gasteiger partial charge in [0.15, 0.2) is 5.82 Å². The van der Waals surface area contributed by atoms with Crippen LogP contribution in [0, 0.1) is 12.7 Å². The largest absolute Gasteiger partial charge is 0.347 e. The molecule has 0 atom stereocenters. The Labute approximate surface area is 165 Å². The second-order valence-corrected chi connectivity index (χ2v) is 6.95. The number of nitrogens with zero attached hydrogens (tertiary/aromatic N) is 2. The summed E-state index contributed by atoms with van der Waals surface area (Å²) in [5.41, 5.74) is 1.17. The highest BCUT2D eigenvalue weighted by molar-refractivity contribution is 7.99. The molecule has 0 fully saturated rings. The smallest absolute Gasteiger partial charge is 0.313 e. The number of aromatic amines is 1. The Morgan fingerprint density at radius 1 is 1.14 bits per heavy atom. The lowest BCUT2D eigenvalue weighted by Gasteiger charge is -2.07. The van der Waals surface area contributed by atoms with Gasteiger partial charge in [-0.3, -0.25) is 14.7 Å².